The molecule has 2 heterocycles. The predicted octanol–water partition coefficient (Wildman–Crippen LogP) is 6.15. The number of hydrogen-bond donors (Lipinski definition) is 0. The zero-order valence-electron chi connectivity index (χ0n) is 21.2. The van der Waals surface area contributed by atoms with Crippen molar-refractivity contribution in [1.82, 2.24) is 13.9 Å². The molecule has 0 aliphatic heterocycles. The van der Waals surface area contributed by atoms with Gasteiger partial charge < -0.3 is 4.57 Å². The van der Waals surface area contributed by atoms with Crippen LogP contribution in [0.3, 0.4) is 0 Å². The maximum atomic E-state index is 13.5. The third kappa shape index (κ3) is 4.97. The summed E-state index contributed by atoms with van der Waals surface area (Å²) in [6.07, 6.45) is 2.00. The average molecular weight is 506 g/mol. The molecular weight excluding hydrogens is 474 g/mol. The van der Waals surface area contributed by atoms with Crippen LogP contribution in [0.4, 0.5) is 11.4 Å². The van der Waals surface area contributed by atoms with E-state index in [1.54, 1.807) is 16.8 Å². The zero-order valence-corrected chi connectivity index (χ0v) is 22.0. The van der Waals surface area contributed by atoms with Crippen molar-refractivity contribution < 1.29 is 4.92 Å². The van der Waals surface area contributed by atoms with Crippen LogP contribution in [0.2, 0.25) is 0 Å². The van der Waals surface area contributed by atoms with Crippen molar-refractivity contribution in [2.24, 2.45) is 18.0 Å². The topological polar surface area (TPSA) is 87.4 Å². The lowest BCUT2D eigenvalue weighted by Crippen LogP contribution is -2.22. The molecule has 0 saturated heterocycles. The molecule has 4 rings (SSSR count). The molecular formula is C27H31N5O3S. The van der Waals surface area contributed by atoms with Crippen molar-refractivity contribution in [1.29, 1.82) is 0 Å². The van der Waals surface area contributed by atoms with Gasteiger partial charge in [0.25, 0.3) is 11.2 Å². The van der Waals surface area contributed by atoms with Crippen LogP contribution in [0.15, 0.2) is 69.8 Å². The minimum absolute atomic E-state index is 0.0553. The second-order valence-corrected chi connectivity index (χ2v) is 10.3. The molecule has 0 N–H and O–H groups in total. The van der Waals surface area contributed by atoms with E-state index in [0.717, 1.165) is 40.3 Å². The molecule has 8 nitrogen and oxygen atoms in total. The van der Waals surface area contributed by atoms with Crippen LogP contribution in [-0.4, -0.2) is 18.9 Å². The van der Waals surface area contributed by atoms with E-state index in [9.17, 15) is 14.9 Å². The van der Waals surface area contributed by atoms with E-state index < -0.39 is 4.92 Å². The third-order valence-electron chi connectivity index (χ3n) is 6.45. The van der Waals surface area contributed by atoms with Crippen molar-refractivity contribution in [3.05, 3.63) is 90.9 Å². The van der Waals surface area contributed by atoms with Gasteiger partial charge in [0.15, 0.2) is 10.5 Å². The smallest absolute Gasteiger partial charge is 0.297 e. The second-order valence-electron chi connectivity index (χ2n) is 9.42. The number of aromatic nitrogens is 3. The van der Waals surface area contributed by atoms with Crippen LogP contribution in [0.1, 0.15) is 45.3 Å². The number of benzene rings is 2. The molecule has 2 aromatic carbocycles. The SMILES string of the molecule is Cc1c(N=c2scc(-c3ccc([N+](=O)[O-])cc3)n2C(C)CCC(C)C)c(=O)n(-c2ccccc2)n1C. The van der Waals surface area contributed by atoms with Gasteiger partial charge in [-0.3, -0.25) is 19.6 Å². The molecule has 0 spiro atoms. The molecule has 2 aromatic heterocycles. The molecule has 188 valence electrons. The fourth-order valence-corrected chi connectivity index (χ4v) is 5.28. The first-order chi connectivity index (χ1) is 17.2. The first kappa shape index (κ1) is 25.4. The van der Waals surface area contributed by atoms with E-state index in [-0.39, 0.29) is 17.3 Å². The van der Waals surface area contributed by atoms with Crippen LogP contribution in [0.5, 0.6) is 0 Å². The number of nitro groups is 1. The predicted molar refractivity (Wildman–Crippen MR) is 144 cm³/mol. The molecule has 1 atom stereocenters. The van der Waals surface area contributed by atoms with Gasteiger partial charge in [-0.2, -0.15) is 0 Å². The van der Waals surface area contributed by atoms with Gasteiger partial charge in [-0.15, -0.1) is 11.3 Å². The molecule has 0 aliphatic rings. The van der Waals surface area contributed by atoms with Crippen molar-refractivity contribution in [2.45, 2.75) is 46.6 Å². The second kappa shape index (κ2) is 10.5. The number of rotatable bonds is 8. The quantitative estimate of drug-likeness (QED) is 0.212. The lowest BCUT2D eigenvalue weighted by molar-refractivity contribution is -0.384. The van der Waals surface area contributed by atoms with Crippen molar-refractivity contribution in [3.63, 3.8) is 0 Å². The Balaban J connectivity index is 1.88. The molecule has 0 bridgehead atoms. The Kier molecular flexibility index (Phi) is 7.40. The summed E-state index contributed by atoms with van der Waals surface area (Å²) >= 11 is 1.47. The summed E-state index contributed by atoms with van der Waals surface area (Å²) < 4.78 is 5.62. The zero-order chi connectivity index (χ0) is 26.0. The van der Waals surface area contributed by atoms with Crippen LogP contribution < -0.4 is 10.4 Å². The number of nitro benzene ring substituents is 1. The number of para-hydroxylation sites is 1. The molecule has 1 unspecified atom stereocenters. The van der Waals surface area contributed by atoms with E-state index in [4.69, 9.17) is 4.99 Å². The molecule has 0 amide bonds. The van der Waals surface area contributed by atoms with Gasteiger partial charge in [0.05, 0.1) is 22.0 Å². The number of nitrogens with zero attached hydrogens (tertiary/aromatic N) is 5. The largest absolute Gasteiger partial charge is 0.314 e. The van der Waals surface area contributed by atoms with E-state index in [0.29, 0.717) is 11.6 Å². The van der Waals surface area contributed by atoms with Gasteiger partial charge in [0, 0.05) is 30.6 Å². The van der Waals surface area contributed by atoms with Crippen molar-refractivity contribution in [2.75, 3.05) is 0 Å². The Morgan fingerprint density at radius 3 is 2.31 bits per heavy atom. The molecule has 0 radical (unpaired) electrons. The van der Waals surface area contributed by atoms with Gasteiger partial charge in [0.2, 0.25) is 0 Å². The third-order valence-corrected chi connectivity index (χ3v) is 7.29. The first-order valence-electron chi connectivity index (χ1n) is 12.0. The summed E-state index contributed by atoms with van der Waals surface area (Å²) in [5.74, 6) is 0.560. The Morgan fingerprint density at radius 1 is 1.03 bits per heavy atom. The number of thiazole rings is 1. The molecule has 0 fully saturated rings. The Bertz CT molecular complexity index is 1490. The maximum absolute atomic E-state index is 13.5. The summed E-state index contributed by atoms with van der Waals surface area (Å²) in [5, 5.41) is 13.1. The van der Waals surface area contributed by atoms with E-state index in [2.05, 4.69) is 25.3 Å². The fraction of sp³-hybridized carbons (Fsp3) is 0.333. The Labute approximate surface area is 213 Å². The van der Waals surface area contributed by atoms with Crippen LogP contribution >= 0.6 is 11.3 Å². The highest BCUT2D eigenvalue weighted by Crippen LogP contribution is 2.28. The molecule has 36 heavy (non-hydrogen) atoms. The van der Waals surface area contributed by atoms with Gasteiger partial charge >= 0.3 is 0 Å². The van der Waals surface area contributed by atoms with Crippen LogP contribution in [0, 0.1) is 23.0 Å². The fourth-order valence-electron chi connectivity index (χ4n) is 4.27. The lowest BCUT2D eigenvalue weighted by atomic mass is 10.0. The highest BCUT2D eigenvalue weighted by molar-refractivity contribution is 7.07. The summed E-state index contributed by atoms with van der Waals surface area (Å²) in [5.41, 5.74) is 3.65. The summed E-state index contributed by atoms with van der Waals surface area (Å²) in [4.78, 5) is 29.8. The molecule has 9 heteroatoms. The van der Waals surface area contributed by atoms with Gasteiger partial charge in [0.1, 0.15) is 0 Å². The van der Waals surface area contributed by atoms with Gasteiger partial charge in [-0.25, -0.2) is 9.67 Å². The first-order valence-corrected chi connectivity index (χ1v) is 12.9. The standard InChI is InChI=1S/C27H31N5O3S/c1-18(2)11-12-19(3)30-24(21-13-15-23(16-14-21)32(34)35)17-36-27(30)28-25-20(4)29(5)31(26(25)33)22-9-7-6-8-10-22/h6-10,13-19H,11-12H2,1-5H3. The lowest BCUT2D eigenvalue weighted by Gasteiger charge is -2.18. The number of non-ortho nitro benzene ring substituents is 1. The summed E-state index contributed by atoms with van der Waals surface area (Å²) in [6.45, 7) is 8.46. The minimum atomic E-state index is -0.395. The van der Waals surface area contributed by atoms with Crippen LogP contribution in [0.25, 0.3) is 16.9 Å². The average Bonchev–Trinajstić information content (AvgIpc) is 3.37. The van der Waals surface area contributed by atoms with E-state index in [1.807, 2.05) is 54.4 Å². The van der Waals surface area contributed by atoms with E-state index >= 15 is 0 Å². The van der Waals surface area contributed by atoms with Crippen molar-refractivity contribution >= 4 is 22.7 Å². The Morgan fingerprint density at radius 2 is 1.69 bits per heavy atom. The van der Waals surface area contributed by atoms with E-state index in [1.165, 1.54) is 23.5 Å². The van der Waals surface area contributed by atoms with Crippen LogP contribution in [-0.2, 0) is 7.05 Å². The minimum Gasteiger partial charge on any atom is -0.314 e. The van der Waals surface area contributed by atoms with Gasteiger partial charge in [-0.1, -0.05) is 32.0 Å². The Hall–Kier alpha value is -3.72. The summed E-state index contributed by atoms with van der Waals surface area (Å²) in [7, 11) is 1.86. The molecule has 0 saturated carbocycles. The summed E-state index contributed by atoms with van der Waals surface area (Å²) in [6, 6.07) is 16.2. The highest BCUT2D eigenvalue weighted by Gasteiger charge is 2.19. The molecule has 0 aliphatic carbocycles. The maximum Gasteiger partial charge on any atom is 0.297 e. The molecule has 4 aromatic rings. The number of hydrogen-bond acceptors (Lipinski definition) is 5. The normalized spacial score (nSPS) is 12.9. The monoisotopic (exact) mass is 505 g/mol. The van der Waals surface area contributed by atoms with Gasteiger partial charge in [-0.05, 0) is 62.4 Å². The van der Waals surface area contributed by atoms with Crippen molar-refractivity contribution in [3.8, 4) is 16.9 Å². The highest BCUT2D eigenvalue weighted by atomic mass is 32.1.